The van der Waals surface area contributed by atoms with Crippen molar-refractivity contribution in [3.05, 3.63) is 23.8 Å². The van der Waals surface area contributed by atoms with Crippen LogP contribution in [0.1, 0.15) is 24.2 Å². The van der Waals surface area contributed by atoms with Crippen molar-refractivity contribution in [3.63, 3.8) is 0 Å². The highest BCUT2D eigenvalue weighted by molar-refractivity contribution is 7.98. The molecule has 4 nitrogen and oxygen atoms in total. The number of carbonyl (C=O) groups is 1. The largest absolute Gasteiger partial charge is 0.478 e. The molecule has 0 aliphatic rings. The second-order valence-corrected chi connectivity index (χ2v) is 5.35. The zero-order valence-corrected chi connectivity index (χ0v) is 12.7. The lowest BCUT2D eigenvalue weighted by Gasteiger charge is -2.22. The van der Waals surface area contributed by atoms with Crippen molar-refractivity contribution in [2.24, 2.45) is 0 Å². The number of hydrogen-bond acceptors (Lipinski definition) is 4. The third-order valence-electron chi connectivity index (χ3n) is 2.73. The first-order valence-corrected chi connectivity index (χ1v) is 7.42. The van der Waals surface area contributed by atoms with Gasteiger partial charge in [0, 0.05) is 18.5 Å². The number of rotatable bonds is 7. The lowest BCUT2D eigenvalue weighted by atomic mass is 10.1. The fraction of sp³-hybridized carbons (Fsp3) is 0.500. The number of hydrogen-bond donors (Lipinski definition) is 1. The first-order chi connectivity index (χ1) is 8.97. The lowest BCUT2D eigenvalue weighted by molar-refractivity contribution is 0.0692. The molecule has 0 saturated carbocycles. The van der Waals surface area contributed by atoms with E-state index in [1.54, 1.807) is 0 Å². The summed E-state index contributed by atoms with van der Waals surface area (Å²) in [5.41, 5.74) is 1.09. The van der Waals surface area contributed by atoms with Gasteiger partial charge in [-0.2, -0.15) is 0 Å². The van der Waals surface area contributed by atoms with Crippen LogP contribution < -0.4 is 4.90 Å². The molecule has 1 N–H and O–H groups in total. The highest BCUT2D eigenvalue weighted by Crippen LogP contribution is 2.29. The van der Waals surface area contributed by atoms with Gasteiger partial charge in [-0.05, 0) is 32.2 Å². The van der Waals surface area contributed by atoms with Gasteiger partial charge in [0.05, 0.1) is 24.0 Å². The Balaban J connectivity index is 2.89. The number of carboxylic acids is 1. The van der Waals surface area contributed by atoms with Gasteiger partial charge in [0.1, 0.15) is 0 Å². The lowest BCUT2D eigenvalue weighted by Crippen LogP contribution is -2.25. The van der Waals surface area contributed by atoms with Gasteiger partial charge >= 0.3 is 5.97 Å². The molecule has 0 unspecified atom stereocenters. The second-order valence-electron chi connectivity index (χ2n) is 4.50. The van der Waals surface area contributed by atoms with Crippen molar-refractivity contribution >= 4 is 23.4 Å². The van der Waals surface area contributed by atoms with Gasteiger partial charge in [0.2, 0.25) is 0 Å². The third kappa shape index (κ3) is 4.44. The first kappa shape index (κ1) is 15.9. The van der Waals surface area contributed by atoms with Gasteiger partial charge < -0.3 is 14.7 Å². The number of ether oxygens (including phenoxy) is 1. The van der Waals surface area contributed by atoms with E-state index < -0.39 is 5.97 Å². The summed E-state index contributed by atoms with van der Waals surface area (Å²) >= 11 is 1.45. The Kier molecular flexibility index (Phi) is 6.18. The van der Waals surface area contributed by atoms with Crippen molar-refractivity contribution in [2.45, 2.75) is 24.8 Å². The maximum absolute atomic E-state index is 11.4. The molecule has 0 spiro atoms. The number of nitrogens with zero attached hydrogens (tertiary/aromatic N) is 1. The topological polar surface area (TPSA) is 49.8 Å². The van der Waals surface area contributed by atoms with E-state index >= 15 is 0 Å². The normalized spacial score (nSPS) is 10.8. The Morgan fingerprint density at radius 2 is 2.16 bits per heavy atom. The molecule has 1 aromatic rings. The predicted octanol–water partition coefficient (Wildman–Crippen LogP) is 2.97. The molecule has 0 saturated heterocycles. The van der Waals surface area contributed by atoms with Crippen molar-refractivity contribution < 1.29 is 14.6 Å². The van der Waals surface area contributed by atoms with Gasteiger partial charge in [-0.3, -0.25) is 0 Å². The Morgan fingerprint density at radius 3 is 2.68 bits per heavy atom. The van der Waals surface area contributed by atoms with Gasteiger partial charge in [0.25, 0.3) is 0 Å². The highest BCUT2D eigenvalue weighted by atomic mass is 32.2. The Labute approximate surface area is 118 Å². The number of aromatic carboxylic acids is 1. The van der Waals surface area contributed by atoms with Crippen LogP contribution in [0, 0.1) is 0 Å². The van der Waals surface area contributed by atoms with Crippen LogP contribution >= 0.6 is 11.8 Å². The van der Waals surface area contributed by atoms with Gasteiger partial charge in [-0.25, -0.2) is 4.79 Å². The second kappa shape index (κ2) is 7.40. The molecule has 0 fully saturated rings. The maximum atomic E-state index is 11.4. The molecule has 0 aromatic heterocycles. The summed E-state index contributed by atoms with van der Waals surface area (Å²) in [4.78, 5) is 14.1. The molecular weight excluding hydrogens is 262 g/mol. The van der Waals surface area contributed by atoms with Crippen molar-refractivity contribution in [1.29, 1.82) is 0 Å². The summed E-state index contributed by atoms with van der Waals surface area (Å²) in [5, 5.41) is 9.37. The SMILES string of the molecule is CSc1cccc(N(C)CCOC(C)C)c1C(=O)O. The number of carboxylic acid groups (broad SMARTS) is 1. The molecule has 1 rings (SSSR count). The fourth-order valence-electron chi connectivity index (χ4n) is 1.77. The molecule has 0 bridgehead atoms. The molecule has 5 heteroatoms. The maximum Gasteiger partial charge on any atom is 0.338 e. The van der Waals surface area contributed by atoms with E-state index in [0.29, 0.717) is 18.7 Å². The average molecular weight is 283 g/mol. The zero-order valence-electron chi connectivity index (χ0n) is 11.8. The number of likely N-dealkylation sites (N-methyl/N-ethyl adjacent to an activating group) is 1. The van der Waals surface area contributed by atoms with E-state index in [4.69, 9.17) is 4.74 Å². The van der Waals surface area contributed by atoms with Crippen LogP contribution in [0.2, 0.25) is 0 Å². The van der Waals surface area contributed by atoms with Crippen LogP contribution in [0.3, 0.4) is 0 Å². The monoisotopic (exact) mass is 283 g/mol. The third-order valence-corrected chi connectivity index (χ3v) is 3.51. The first-order valence-electron chi connectivity index (χ1n) is 6.20. The summed E-state index contributed by atoms with van der Waals surface area (Å²) in [7, 11) is 1.88. The molecule has 0 aliphatic heterocycles. The van der Waals surface area contributed by atoms with E-state index in [-0.39, 0.29) is 6.10 Å². The molecule has 0 heterocycles. The minimum Gasteiger partial charge on any atom is -0.478 e. The Morgan fingerprint density at radius 1 is 1.47 bits per heavy atom. The van der Waals surface area contributed by atoms with Crippen molar-refractivity contribution in [2.75, 3.05) is 31.4 Å². The summed E-state index contributed by atoms with van der Waals surface area (Å²) in [6.45, 7) is 5.21. The van der Waals surface area contributed by atoms with Crippen LogP contribution in [0.25, 0.3) is 0 Å². The molecule has 0 aliphatic carbocycles. The van der Waals surface area contributed by atoms with E-state index in [1.165, 1.54) is 11.8 Å². The molecule has 0 radical (unpaired) electrons. The summed E-state index contributed by atoms with van der Waals surface area (Å²) in [5.74, 6) is -0.892. The van der Waals surface area contributed by atoms with Gasteiger partial charge in [-0.1, -0.05) is 6.07 Å². The van der Waals surface area contributed by atoms with Gasteiger partial charge in [0.15, 0.2) is 0 Å². The van der Waals surface area contributed by atoms with Crippen LogP contribution in [0.15, 0.2) is 23.1 Å². The zero-order chi connectivity index (χ0) is 14.4. The van der Waals surface area contributed by atoms with Crippen molar-refractivity contribution in [1.82, 2.24) is 0 Å². The molecule has 0 atom stereocenters. The molecule has 1 aromatic carbocycles. The van der Waals surface area contributed by atoms with Crippen molar-refractivity contribution in [3.8, 4) is 0 Å². The smallest absolute Gasteiger partial charge is 0.338 e. The van der Waals surface area contributed by atoms with E-state index in [2.05, 4.69) is 0 Å². The summed E-state index contributed by atoms with van der Waals surface area (Å²) in [6, 6.07) is 5.54. The standard InChI is InChI=1S/C14H21NO3S/c1-10(2)18-9-8-15(3)11-6-5-7-12(19-4)13(11)14(16)17/h5-7,10H,8-9H2,1-4H3,(H,16,17). The Bertz CT molecular complexity index is 435. The minimum atomic E-state index is -0.892. The summed E-state index contributed by atoms with van der Waals surface area (Å²) in [6.07, 6.45) is 2.07. The Hall–Kier alpha value is -1.20. The molecule has 106 valence electrons. The minimum absolute atomic E-state index is 0.185. The number of benzene rings is 1. The quantitative estimate of drug-likeness (QED) is 0.780. The van der Waals surface area contributed by atoms with E-state index in [9.17, 15) is 9.90 Å². The summed E-state index contributed by atoms with van der Waals surface area (Å²) < 4.78 is 5.50. The molecule has 19 heavy (non-hydrogen) atoms. The van der Waals surface area contributed by atoms with Crippen LogP contribution in [0.5, 0.6) is 0 Å². The molecular formula is C14H21NO3S. The van der Waals surface area contributed by atoms with Crippen LogP contribution in [0.4, 0.5) is 5.69 Å². The number of thioether (sulfide) groups is 1. The average Bonchev–Trinajstić information content (AvgIpc) is 2.36. The number of anilines is 1. The van der Waals surface area contributed by atoms with Crippen LogP contribution in [-0.4, -0.2) is 43.6 Å². The van der Waals surface area contributed by atoms with E-state index in [0.717, 1.165) is 10.6 Å². The predicted molar refractivity (Wildman–Crippen MR) is 79.5 cm³/mol. The fourth-order valence-corrected chi connectivity index (χ4v) is 2.38. The van der Waals surface area contributed by atoms with E-state index in [1.807, 2.05) is 50.2 Å². The van der Waals surface area contributed by atoms with Crippen LogP contribution in [-0.2, 0) is 4.74 Å². The highest BCUT2D eigenvalue weighted by Gasteiger charge is 2.17. The molecule has 0 amide bonds. The van der Waals surface area contributed by atoms with Gasteiger partial charge in [-0.15, -0.1) is 11.8 Å².